The van der Waals surface area contributed by atoms with Gasteiger partial charge in [0, 0.05) is 30.4 Å². The zero-order valence-corrected chi connectivity index (χ0v) is 22.5. The minimum absolute atomic E-state index is 0.159. The Morgan fingerprint density at radius 1 is 1.15 bits per heavy atom. The van der Waals surface area contributed by atoms with Crippen molar-refractivity contribution in [3.05, 3.63) is 40.6 Å². The van der Waals surface area contributed by atoms with E-state index in [9.17, 15) is 23.1 Å². The molecule has 1 fully saturated rings. The van der Waals surface area contributed by atoms with E-state index in [0.717, 1.165) is 30.5 Å². The monoisotopic (exact) mass is 545 g/mol. The van der Waals surface area contributed by atoms with Gasteiger partial charge in [-0.1, -0.05) is 19.9 Å². The normalized spacial score (nSPS) is 18.3. The molecule has 0 atom stereocenters. The van der Waals surface area contributed by atoms with E-state index < -0.39 is 18.6 Å². The lowest BCUT2D eigenvalue weighted by molar-refractivity contribution is -0.143. The summed E-state index contributed by atoms with van der Waals surface area (Å²) in [5.74, 6) is -0.697. The molecule has 1 aliphatic carbocycles. The lowest BCUT2D eigenvalue weighted by Crippen LogP contribution is -2.37. The van der Waals surface area contributed by atoms with E-state index in [0.29, 0.717) is 55.7 Å². The highest BCUT2D eigenvalue weighted by atomic mass is 19.4. The minimum Gasteiger partial charge on any atom is -0.481 e. The van der Waals surface area contributed by atoms with Crippen LogP contribution in [0.2, 0.25) is 0 Å². The van der Waals surface area contributed by atoms with Gasteiger partial charge in [-0.25, -0.2) is 0 Å². The number of aryl methyl sites for hydroxylation is 1. The maximum Gasteiger partial charge on any atom is 0.393 e. The maximum atomic E-state index is 13.5. The van der Waals surface area contributed by atoms with Gasteiger partial charge in [0.05, 0.1) is 12.3 Å². The summed E-state index contributed by atoms with van der Waals surface area (Å²) in [5.41, 5.74) is 4.28. The molecular weight excluding hydrogens is 511 g/mol. The molecule has 0 spiro atoms. The molecule has 8 nitrogen and oxygen atoms in total. The number of carboxylic acid groups (broad SMARTS) is 1. The van der Waals surface area contributed by atoms with Crippen LogP contribution in [-0.2, 0) is 37.5 Å². The van der Waals surface area contributed by atoms with Gasteiger partial charge in [0.15, 0.2) is 5.69 Å². The van der Waals surface area contributed by atoms with Crippen LogP contribution in [-0.4, -0.2) is 61.8 Å². The van der Waals surface area contributed by atoms with Crippen molar-refractivity contribution in [2.24, 2.45) is 18.4 Å². The Bertz CT molecular complexity index is 1350. The van der Waals surface area contributed by atoms with Gasteiger partial charge in [-0.2, -0.15) is 18.3 Å². The lowest BCUT2D eigenvalue weighted by Gasteiger charge is -2.30. The fourth-order valence-electron chi connectivity index (χ4n) is 5.76. The number of nitrogens with zero attached hydrogens (tertiary/aromatic N) is 5. The molecule has 1 saturated heterocycles. The summed E-state index contributed by atoms with van der Waals surface area (Å²) in [7, 11) is 1.90. The quantitative estimate of drug-likeness (QED) is 0.441. The molecule has 2 aromatic heterocycles. The summed E-state index contributed by atoms with van der Waals surface area (Å²) >= 11 is 0. The molecule has 0 saturated carbocycles. The predicted octanol–water partition coefficient (Wildman–Crippen LogP) is 5.10. The van der Waals surface area contributed by atoms with Crippen LogP contribution in [0.1, 0.15) is 55.5 Å². The number of hydrogen-bond donors (Lipinski definition) is 1. The summed E-state index contributed by atoms with van der Waals surface area (Å²) in [6.07, 6.45) is -1.11. The van der Waals surface area contributed by atoms with Gasteiger partial charge in [-0.15, -0.1) is 10.2 Å². The molecule has 5 rings (SSSR count). The van der Waals surface area contributed by atoms with Crippen LogP contribution in [0.15, 0.2) is 22.6 Å². The Labute approximate surface area is 225 Å². The largest absolute Gasteiger partial charge is 0.481 e. The van der Waals surface area contributed by atoms with E-state index in [1.165, 1.54) is 6.07 Å². The van der Waals surface area contributed by atoms with Gasteiger partial charge in [0.25, 0.3) is 5.89 Å². The molecule has 1 N–H and O–H groups in total. The van der Waals surface area contributed by atoms with E-state index >= 15 is 0 Å². The van der Waals surface area contributed by atoms with Crippen molar-refractivity contribution < 1.29 is 27.5 Å². The summed E-state index contributed by atoms with van der Waals surface area (Å²) < 4.78 is 48.3. The molecule has 1 aliphatic heterocycles. The van der Waals surface area contributed by atoms with Gasteiger partial charge in [0.1, 0.15) is 0 Å². The number of alkyl halides is 3. The molecule has 210 valence electrons. The number of likely N-dealkylation sites (tertiary alicyclic amines) is 1. The second-order valence-corrected chi connectivity index (χ2v) is 11.6. The number of rotatable bonds is 7. The number of piperidine rings is 1. The lowest BCUT2D eigenvalue weighted by atomic mass is 9.76. The van der Waals surface area contributed by atoms with Crippen LogP contribution < -0.4 is 0 Å². The maximum absolute atomic E-state index is 13.5. The SMILES string of the molecule is Cn1nc(-c2nnc(-c3ccc(CCN4CCC(C(=O)O)CC4)c(CC(F)(F)F)c3)o2)c2c1CC(C)(C)CC2. The molecule has 1 aromatic carbocycles. The zero-order valence-electron chi connectivity index (χ0n) is 22.5. The van der Waals surface area contributed by atoms with E-state index in [-0.39, 0.29) is 28.7 Å². The summed E-state index contributed by atoms with van der Waals surface area (Å²) in [6.45, 7) is 6.29. The molecule has 39 heavy (non-hydrogen) atoms. The number of carboxylic acids is 1. The van der Waals surface area contributed by atoms with Gasteiger partial charge < -0.3 is 14.4 Å². The summed E-state index contributed by atoms with van der Waals surface area (Å²) in [4.78, 5) is 13.3. The number of aromatic nitrogens is 4. The minimum atomic E-state index is -4.37. The average molecular weight is 546 g/mol. The van der Waals surface area contributed by atoms with E-state index in [2.05, 4.69) is 34.0 Å². The third-order valence-corrected chi connectivity index (χ3v) is 8.08. The van der Waals surface area contributed by atoms with Crippen LogP contribution in [0, 0.1) is 11.3 Å². The first-order valence-electron chi connectivity index (χ1n) is 13.4. The van der Waals surface area contributed by atoms with E-state index in [1.807, 2.05) is 11.7 Å². The first kappa shape index (κ1) is 27.4. The molecule has 0 bridgehead atoms. The Kier molecular flexibility index (Phi) is 7.30. The van der Waals surface area contributed by atoms with Crippen molar-refractivity contribution in [2.45, 2.75) is 65.0 Å². The first-order chi connectivity index (χ1) is 18.4. The number of carbonyl (C=O) groups is 1. The number of benzene rings is 1. The summed E-state index contributed by atoms with van der Waals surface area (Å²) in [6, 6.07) is 4.92. The van der Waals surface area contributed by atoms with Crippen molar-refractivity contribution in [3.8, 4) is 23.0 Å². The Balaban J connectivity index is 1.35. The molecule has 3 heterocycles. The third kappa shape index (κ3) is 6.18. The fourth-order valence-corrected chi connectivity index (χ4v) is 5.76. The van der Waals surface area contributed by atoms with Crippen LogP contribution >= 0.6 is 0 Å². The number of halogens is 3. The van der Waals surface area contributed by atoms with Gasteiger partial charge in [-0.05, 0) is 80.3 Å². The van der Waals surface area contributed by atoms with Crippen molar-refractivity contribution in [1.82, 2.24) is 24.9 Å². The molecule has 0 radical (unpaired) electrons. The number of hydrogen-bond acceptors (Lipinski definition) is 6. The second-order valence-electron chi connectivity index (χ2n) is 11.6. The third-order valence-electron chi connectivity index (χ3n) is 8.08. The van der Waals surface area contributed by atoms with Gasteiger partial charge in [-0.3, -0.25) is 9.48 Å². The van der Waals surface area contributed by atoms with Crippen LogP contribution in [0.5, 0.6) is 0 Å². The molecule has 0 amide bonds. The first-order valence-corrected chi connectivity index (χ1v) is 13.4. The van der Waals surface area contributed by atoms with Crippen molar-refractivity contribution in [1.29, 1.82) is 0 Å². The van der Waals surface area contributed by atoms with Crippen molar-refractivity contribution in [3.63, 3.8) is 0 Å². The van der Waals surface area contributed by atoms with Crippen LogP contribution in [0.4, 0.5) is 13.2 Å². The van der Waals surface area contributed by atoms with Crippen LogP contribution in [0.25, 0.3) is 23.0 Å². The molecule has 3 aromatic rings. The van der Waals surface area contributed by atoms with Gasteiger partial charge in [0.2, 0.25) is 5.89 Å². The number of aliphatic carboxylic acids is 1. The Hall–Kier alpha value is -3.21. The number of fused-ring (bicyclic) bond motifs is 1. The highest BCUT2D eigenvalue weighted by molar-refractivity contribution is 5.70. The highest BCUT2D eigenvalue weighted by Gasteiger charge is 2.33. The van der Waals surface area contributed by atoms with E-state index in [4.69, 9.17) is 4.42 Å². The molecule has 0 unspecified atom stereocenters. The average Bonchev–Trinajstić information content (AvgIpc) is 3.47. The molecular formula is C28H34F3N5O3. The summed E-state index contributed by atoms with van der Waals surface area (Å²) in [5, 5.41) is 22.2. The zero-order chi connectivity index (χ0) is 27.9. The second kappa shape index (κ2) is 10.4. The van der Waals surface area contributed by atoms with E-state index in [1.54, 1.807) is 12.1 Å². The Morgan fingerprint density at radius 2 is 1.87 bits per heavy atom. The van der Waals surface area contributed by atoms with Crippen molar-refractivity contribution in [2.75, 3.05) is 19.6 Å². The fraction of sp³-hybridized carbons (Fsp3) is 0.571. The molecule has 11 heteroatoms. The standard InChI is InChI=1S/C28H34F3N5O3/c1-27(2)10-6-21-22(16-27)35(3)34-23(21)25-33-32-24(39-25)19-5-4-17(20(14-19)15-28(29,30)31)7-11-36-12-8-18(9-13-36)26(37)38/h4-5,14,18H,6-13,15-16H2,1-3H3,(H,37,38). The highest BCUT2D eigenvalue weighted by Crippen LogP contribution is 2.39. The van der Waals surface area contributed by atoms with Crippen molar-refractivity contribution >= 4 is 5.97 Å². The van der Waals surface area contributed by atoms with Gasteiger partial charge >= 0.3 is 12.1 Å². The molecule has 2 aliphatic rings. The topological polar surface area (TPSA) is 97.3 Å². The predicted molar refractivity (Wildman–Crippen MR) is 138 cm³/mol. The smallest absolute Gasteiger partial charge is 0.393 e. The Morgan fingerprint density at radius 3 is 2.56 bits per heavy atom. The van der Waals surface area contributed by atoms with Crippen LogP contribution in [0.3, 0.4) is 0 Å².